The number of amides is 1. The number of nitrogens with one attached hydrogen (secondary N) is 1. The van der Waals surface area contributed by atoms with Crippen LogP contribution in [0.4, 0.5) is 11.4 Å². The van der Waals surface area contributed by atoms with Gasteiger partial charge in [-0.15, -0.1) is 0 Å². The summed E-state index contributed by atoms with van der Waals surface area (Å²) < 4.78 is 6.76. The number of hydrogen-bond donors (Lipinski definition) is 1. The Morgan fingerprint density at radius 1 is 1.19 bits per heavy atom. The van der Waals surface area contributed by atoms with Crippen molar-refractivity contribution in [2.45, 2.75) is 6.61 Å². The predicted octanol–water partition coefficient (Wildman–Crippen LogP) is 6.14. The fraction of sp³-hybridized carbons (Fsp3) is 0.0435. The maximum absolute atomic E-state index is 12.5. The van der Waals surface area contributed by atoms with Crippen LogP contribution in [0.3, 0.4) is 0 Å². The van der Waals surface area contributed by atoms with Crippen LogP contribution in [0.5, 0.6) is 5.75 Å². The molecule has 0 aliphatic heterocycles. The van der Waals surface area contributed by atoms with E-state index in [1.54, 1.807) is 24.3 Å². The second-order valence-electron chi connectivity index (χ2n) is 6.53. The third-order valence-electron chi connectivity index (χ3n) is 4.25. The summed E-state index contributed by atoms with van der Waals surface area (Å²) in [4.78, 5) is 22.9. The van der Waals surface area contributed by atoms with Gasteiger partial charge in [-0.2, -0.15) is 5.26 Å². The SMILES string of the molecule is N#C/C(=C\c1cccc(OCc2ccc(Br)cc2)c1)C(=O)Nc1ccc(Cl)c([N+](=O)[O-])c1. The van der Waals surface area contributed by atoms with Crippen molar-refractivity contribution in [2.75, 3.05) is 5.32 Å². The topological polar surface area (TPSA) is 105 Å². The highest BCUT2D eigenvalue weighted by atomic mass is 79.9. The summed E-state index contributed by atoms with van der Waals surface area (Å²) >= 11 is 9.16. The van der Waals surface area contributed by atoms with Gasteiger partial charge in [-0.05, 0) is 53.6 Å². The van der Waals surface area contributed by atoms with E-state index in [9.17, 15) is 20.2 Å². The van der Waals surface area contributed by atoms with Crippen molar-refractivity contribution in [3.05, 3.63) is 103 Å². The molecule has 0 saturated carbocycles. The lowest BCUT2D eigenvalue weighted by Gasteiger charge is -2.08. The summed E-state index contributed by atoms with van der Waals surface area (Å²) in [6.45, 7) is 0.362. The Balaban J connectivity index is 1.73. The molecule has 0 saturated heterocycles. The number of nitro benzene ring substituents is 1. The first-order chi connectivity index (χ1) is 15.4. The lowest BCUT2D eigenvalue weighted by molar-refractivity contribution is -0.384. The maximum atomic E-state index is 12.5. The maximum Gasteiger partial charge on any atom is 0.289 e. The minimum absolute atomic E-state index is 0.0519. The molecule has 0 fully saturated rings. The van der Waals surface area contributed by atoms with E-state index in [-0.39, 0.29) is 22.0 Å². The first kappa shape index (κ1) is 23.0. The number of nitrogens with zero attached hydrogens (tertiary/aromatic N) is 2. The van der Waals surface area contributed by atoms with Crippen LogP contribution in [0, 0.1) is 21.4 Å². The molecule has 0 unspecified atom stereocenters. The van der Waals surface area contributed by atoms with Crippen LogP contribution in [0.2, 0.25) is 5.02 Å². The van der Waals surface area contributed by atoms with E-state index in [1.165, 1.54) is 18.2 Å². The predicted molar refractivity (Wildman–Crippen MR) is 125 cm³/mol. The number of benzene rings is 3. The van der Waals surface area contributed by atoms with Crippen LogP contribution >= 0.6 is 27.5 Å². The largest absolute Gasteiger partial charge is 0.489 e. The van der Waals surface area contributed by atoms with Gasteiger partial charge in [0.1, 0.15) is 29.0 Å². The molecule has 0 heterocycles. The Kier molecular flexibility index (Phi) is 7.60. The Morgan fingerprint density at radius 3 is 2.62 bits per heavy atom. The smallest absolute Gasteiger partial charge is 0.289 e. The van der Waals surface area contributed by atoms with Crippen LogP contribution < -0.4 is 10.1 Å². The molecule has 160 valence electrons. The highest BCUT2D eigenvalue weighted by Gasteiger charge is 2.15. The molecule has 3 rings (SSSR count). The summed E-state index contributed by atoms with van der Waals surface area (Å²) in [5.41, 5.74) is 1.21. The molecule has 0 spiro atoms. The van der Waals surface area contributed by atoms with Crippen molar-refractivity contribution in [1.29, 1.82) is 5.26 Å². The van der Waals surface area contributed by atoms with Crippen LogP contribution in [0.25, 0.3) is 6.08 Å². The Morgan fingerprint density at radius 2 is 1.94 bits per heavy atom. The van der Waals surface area contributed by atoms with E-state index in [2.05, 4.69) is 21.2 Å². The number of carbonyl (C=O) groups excluding carboxylic acids is 1. The number of nitro groups is 1. The van der Waals surface area contributed by atoms with Crippen molar-refractivity contribution in [3.8, 4) is 11.8 Å². The monoisotopic (exact) mass is 511 g/mol. The van der Waals surface area contributed by atoms with Gasteiger partial charge in [0, 0.05) is 16.2 Å². The summed E-state index contributed by atoms with van der Waals surface area (Å²) in [6, 6.07) is 20.4. The van der Waals surface area contributed by atoms with Crippen LogP contribution in [-0.4, -0.2) is 10.8 Å². The van der Waals surface area contributed by atoms with E-state index in [0.29, 0.717) is 17.9 Å². The first-order valence-corrected chi connectivity index (χ1v) is 10.4. The van der Waals surface area contributed by atoms with Gasteiger partial charge in [0.05, 0.1) is 4.92 Å². The second kappa shape index (κ2) is 10.6. The molecule has 32 heavy (non-hydrogen) atoms. The van der Waals surface area contributed by atoms with Gasteiger partial charge >= 0.3 is 0 Å². The van der Waals surface area contributed by atoms with Gasteiger partial charge in [0.2, 0.25) is 0 Å². The van der Waals surface area contributed by atoms with Crippen molar-refractivity contribution < 1.29 is 14.5 Å². The van der Waals surface area contributed by atoms with Crippen LogP contribution in [0.15, 0.2) is 76.8 Å². The molecule has 0 aliphatic carbocycles. The molecule has 1 N–H and O–H groups in total. The molecule has 7 nitrogen and oxygen atoms in total. The van der Waals surface area contributed by atoms with Gasteiger partial charge in [0.15, 0.2) is 0 Å². The van der Waals surface area contributed by atoms with Crippen LogP contribution in [0.1, 0.15) is 11.1 Å². The fourth-order valence-electron chi connectivity index (χ4n) is 2.69. The quantitative estimate of drug-likeness (QED) is 0.177. The molecule has 0 aromatic heterocycles. The lowest BCUT2D eigenvalue weighted by Crippen LogP contribution is -2.13. The zero-order chi connectivity index (χ0) is 23.1. The summed E-state index contributed by atoms with van der Waals surface area (Å²) in [7, 11) is 0. The average molecular weight is 513 g/mol. The number of carbonyl (C=O) groups is 1. The van der Waals surface area contributed by atoms with Gasteiger partial charge < -0.3 is 10.1 Å². The summed E-state index contributed by atoms with van der Waals surface area (Å²) in [5.74, 6) is -0.127. The molecule has 9 heteroatoms. The highest BCUT2D eigenvalue weighted by Crippen LogP contribution is 2.27. The van der Waals surface area contributed by atoms with Gasteiger partial charge in [-0.3, -0.25) is 14.9 Å². The normalized spacial score (nSPS) is 10.8. The molecular formula is C23H15BrClN3O4. The number of halogens is 2. The van der Waals surface area contributed by atoms with Crippen molar-refractivity contribution >= 4 is 50.9 Å². The number of nitriles is 1. The zero-order valence-corrected chi connectivity index (χ0v) is 18.8. The van der Waals surface area contributed by atoms with E-state index < -0.39 is 10.8 Å². The van der Waals surface area contributed by atoms with Gasteiger partial charge in [-0.1, -0.05) is 51.8 Å². The number of anilines is 1. The number of rotatable bonds is 7. The zero-order valence-electron chi connectivity index (χ0n) is 16.4. The van der Waals surface area contributed by atoms with Gasteiger partial charge in [0.25, 0.3) is 11.6 Å². The third-order valence-corrected chi connectivity index (χ3v) is 5.10. The van der Waals surface area contributed by atoms with E-state index >= 15 is 0 Å². The Labute approximate surface area is 197 Å². The molecule has 0 radical (unpaired) electrons. The lowest BCUT2D eigenvalue weighted by atomic mass is 10.1. The number of ether oxygens (including phenoxy) is 1. The summed E-state index contributed by atoms with van der Waals surface area (Å²) in [6.07, 6.45) is 1.41. The second-order valence-corrected chi connectivity index (χ2v) is 7.86. The van der Waals surface area contributed by atoms with Gasteiger partial charge in [-0.25, -0.2) is 0 Å². The molecule has 0 aliphatic rings. The van der Waals surface area contributed by atoms with E-state index in [0.717, 1.165) is 16.1 Å². The first-order valence-electron chi connectivity index (χ1n) is 9.20. The van der Waals surface area contributed by atoms with Crippen molar-refractivity contribution in [3.63, 3.8) is 0 Å². The Bertz CT molecular complexity index is 1240. The van der Waals surface area contributed by atoms with Crippen molar-refractivity contribution in [2.24, 2.45) is 0 Å². The average Bonchev–Trinajstić information content (AvgIpc) is 2.78. The van der Waals surface area contributed by atoms with Crippen LogP contribution in [-0.2, 0) is 11.4 Å². The minimum Gasteiger partial charge on any atom is -0.489 e. The molecule has 0 atom stereocenters. The fourth-order valence-corrected chi connectivity index (χ4v) is 3.14. The standard InChI is InChI=1S/C23H15BrClN3O4/c24-18-6-4-15(5-7-18)14-32-20-3-1-2-16(11-20)10-17(13-26)23(29)27-19-8-9-21(25)22(12-19)28(30)31/h1-12H,14H2,(H,27,29)/b17-10+. The molecule has 3 aromatic rings. The molecule has 3 aromatic carbocycles. The van der Waals surface area contributed by atoms with E-state index in [1.807, 2.05) is 30.3 Å². The van der Waals surface area contributed by atoms with E-state index in [4.69, 9.17) is 16.3 Å². The summed E-state index contributed by atoms with van der Waals surface area (Å²) in [5, 5.41) is 22.9. The highest BCUT2D eigenvalue weighted by molar-refractivity contribution is 9.10. The number of hydrogen-bond acceptors (Lipinski definition) is 5. The van der Waals surface area contributed by atoms with Crippen molar-refractivity contribution in [1.82, 2.24) is 0 Å². The molecule has 0 bridgehead atoms. The third kappa shape index (κ3) is 6.17. The Hall–Kier alpha value is -3.67. The molecule has 1 amide bonds. The molecular weight excluding hydrogens is 498 g/mol. The minimum atomic E-state index is -0.703.